The van der Waals surface area contributed by atoms with Crippen molar-refractivity contribution in [2.45, 2.75) is 152 Å². The molecule has 1 aliphatic carbocycles. The molecule has 9 atom stereocenters. The van der Waals surface area contributed by atoms with E-state index in [0.717, 1.165) is 11.1 Å². The maximum Gasteiger partial charge on any atom is 0.336 e. The van der Waals surface area contributed by atoms with E-state index in [2.05, 4.69) is 0 Å². The number of ether oxygens (including phenoxy) is 5. The number of nitrogens with zero attached hydrogens (tertiary/aromatic N) is 4. The first-order chi connectivity index (χ1) is 35.0. The Labute approximate surface area is 439 Å². The zero-order valence-electron chi connectivity index (χ0n) is 43.1. The van der Waals surface area contributed by atoms with E-state index in [1.807, 2.05) is 13.0 Å². The predicted octanol–water partition coefficient (Wildman–Crippen LogP) is 4.43. The van der Waals surface area contributed by atoms with Gasteiger partial charge in [0.05, 0.1) is 42.9 Å². The molecule has 1 saturated carbocycles. The third-order valence-corrected chi connectivity index (χ3v) is 17.0. The summed E-state index contributed by atoms with van der Waals surface area (Å²) in [6.45, 7) is 7.06. The number of carbonyl (C=O) groups excluding carboxylic acids is 9. The number of fused-ring (bicyclic) bond motifs is 5. The number of epoxide rings is 1. The van der Waals surface area contributed by atoms with E-state index in [9.17, 15) is 48.3 Å². The first-order valence-electron chi connectivity index (χ1n) is 25.1. The van der Waals surface area contributed by atoms with Crippen molar-refractivity contribution < 1.29 is 76.8 Å². The topological polar surface area (TPSA) is 245 Å². The molecule has 0 spiro atoms. The highest BCUT2D eigenvalue weighted by Crippen LogP contribution is 2.50. The Balaban J connectivity index is 0.986. The van der Waals surface area contributed by atoms with Gasteiger partial charge in [0, 0.05) is 71.5 Å². The van der Waals surface area contributed by atoms with E-state index < -0.39 is 100 Å². The number of allylic oxidation sites excluding steroid dienone is 3. The molecule has 0 radical (unpaired) electrons. The van der Waals surface area contributed by atoms with Gasteiger partial charge in [0.1, 0.15) is 46.3 Å². The average molecular weight is 1070 g/mol. The molecule has 5 aliphatic heterocycles. The predicted molar refractivity (Wildman–Crippen MR) is 267 cm³/mol. The van der Waals surface area contributed by atoms with Crippen molar-refractivity contribution in [3.8, 4) is 5.75 Å². The van der Waals surface area contributed by atoms with Crippen molar-refractivity contribution in [2.24, 2.45) is 17.8 Å². The molecule has 7 rings (SSSR count). The zero-order valence-corrected chi connectivity index (χ0v) is 44.7. The van der Waals surface area contributed by atoms with Crippen LogP contribution in [0.25, 0.3) is 0 Å². The first-order valence-corrected chi connectivity index (χ1v) is 26.5. The summed E-state index contributed by atoms with van der Waals surface area (Å²) in [6.07, 6.45) is 3.11. The lowest BCUT2D eigenvalue weighted by atomic mass is 9.78. The second-order valence-corrected chi connectivity index (χ2v) is 22.3. The van der Waals surface area contributed by atoms with E-state index in [1.54, 1.807) is 45.2 Å². The van der Waals surface area contributed by atoms with Crippen LogP contribution in [-0.2, 0) is 73.4 Å². The van der Waals surface area contributed by atoms with Crippen LogP contribution in [0.2, 0.25) is 5.02 Å². The summed E-state index contributed by atoms with van der Waals surface area (Å²) in [5, 5.41) is 12.0. The van der Waals surface area contributed by atoms with Gasteiger partial charge in [-0.15, -0.1) is 16.8 Å². The van der Waals surface area contributed by atoms with Crippen LogP contribution in [0.5, 0.6) is 5.75 Å². The Morgan fingerprint density at radius 3 is 2.35 bits per heavy atom. The van der Waals surface area contributed by atoms with Crippen LogP contribution in [0.3, 0.4) is 0 Å². The molecule has 404 valence electrons. The molecule has 1 N–H and O–H groups in total. The fourth-order valence-electron chi connectivity index (χ4n) is 10.6. The molecule has 5 heterocycles. The second kappa shape index (κ2) is 23.3. The molecule has 6 aliphatic rings. The highest BCUT2D eigenvalue weighted by Gasteiger charge is 2.64. The van der Waals surface area contributed by atoms with Crippen molar-refractivity contribution in [3.05, 3.63) is 46.5 Å². The maximum atomic E-state index is 14.4. The molecule has 2 unspecified atom stereocenters. The highest BCUT2D eigenvalue weighted by molar-refractivity contribution is 8.00. The molecule has 5 fully saturated rings. The van der Waals surface area contributed by atoms with Crippen LogP contribution in [0, 0.1) is 17.8 Å². The third-order valence-electron chi connectivity index (χ3n) is 15.4. The summed E-state index contributed by atoms with van der Waals surface area (Å²) in [5.41, 5.74) is -0.914. The van der Waals surface area contributed by atoms with E-state index in [-0.39, 0.29) is 80.0 Å². The number of anilines is 1. The fourth-order valence-corrected chi connectivity index (χ4v) is 12.0. The smallest absolute Gasteiger partial charge is 0.336 e. The average Bonchev–Trinajstić information content (AvgIpc) is 3.87. The van der Waals surface area contributed by atoms with Crippen LogP contribution in [0.4, 0.5) is 5.69 Å². The standard InChI is InChI=1S/C52H67ClN4O16S/c1-28-10-9-11-38(69-8)52(67)25-36(70-45(63)26-52)29(2)47-51(4,72-47)39(24-43(61)55(6)34-21-32(20-28)22-35(68-7)46(34)53)71-49(65)30(3)54(5)40(58)18-19-74-37-23-44(62)56(48(37)64)27-31-12-14-33(15-13-31)50(66)73-57-41(59)16-17-42(57)60/h9-11,21-22,29-31,33,36-39,47,67H,12-20,23-27H2,1-8H3/b11-9+,28-10+/t29-,30+,31?,33?,36+,37?,38-,39?,47+,51+,52-/m1/s1. The largest absolute Gasteiger partial charge is 0.495 e. The molecule has 1 aromatic carbocycles. The molecule has 20 nitrogen and oxygen atoms in total. The molecule has 22 heteroatoms. The second-order valence-electron chi connectivity index (χ2n) is 20.6. The van der Waals surface area contributed by atoms with Gasteiger partial charge < -0.3 is 43.4 Å². The van der Waals surface area contributed by atoms with Crippen molar-refractivity contribution in [3.63, 3.8) is 0 Å². The molecule has 1 aromatic rings. The monoisotopic (exact) mass is 1070 g/mol. The normalized spacial score (nSPS) is 32.3. The molecule has 6 amide bonds. The Kier molecular flexibility index (Phi) is 17.7. The number of carbonyl (C=O) groups is 9. The quantitative estimate of drug-likeness (QED) is 0.163. The summed E-state index contributed by atoms with van der Waals surface area (Å²) in [4.78, 5) is 127. The lowest BCUT2D eigenvalue weighted by molar-refractivity contribution is -0.201. The number of amides is 6. The number of rotatable bonds is 13. The number of hydroxylamine groups is 2. The summed E-state index contributed by atoms with van der Waals surface area (Å²) >= 11 is 7.99. The number of likely N-dealkylation sites (tertiary alicyclic amines) is 1. The number of hydrogen-bond acceptors (Lipinski definition) is 17. The van der Waals surface area contributed by atoms with Gasteiger partial charge in [-0.1, -0.05) is 42.3 Å². The number of halogens is 1. The van der Waals surface area contributed by atoms with Gasteiger partial charge >= 0.3 is 17.9 Å². The number of likely N-dealkylation sites (N-methyl/N-ethyl adjacent to an activating group) is 1. The third kappa shape index (κ3) is 12.3. The van der Waals surface area contributed by atoms with Gasteiger partial charge in [-0.25, -0.2) is 9.59 Å². The van der Waals surface area contributed by atoms with Gasteiger partial charge in [-0.3, -0.25) is 38.5 Å². The Morgan fingerprint density at radius 2 is 1.69 bits per heavy atom. The number of imide groups is 2. The number of benzene rings is 1. The van der Waals surface area contributed by atoms with Crippen LogP contribution in [0.15, 0.2) is 35.9 Å². The fraction of sp³-hybridized carbons (Fsp3) is 0.635. The zero-order chi connectivity index (χ0) is 54.0. The highest BCUT2D eigenvalue weighted by atomic mass is 35.5. The minimum Gasteiger partial charge on any atom is -0.495 e. The van der Waals surface area contributed by atoms with Crippen molar-refractivity contribution >= 4 is 82.4 Å². The van der Waals surface area contributed by atoms with Gasteiger partial charge in [-0.05, 0) is 76.5 Å². The number of thioether (sulfide) groups is 1. The summed E-state index contributed by atoms with van der Waals surface area (Å²) < 4.78 is 29.6. The van der Waals surface area contributed by atoms with Crippen LogP contribution >= 0.6 is 23.4 Å². The molecular formula is C52H67ClN4O16S. The van der Waals surface area contributed by atoms with Gasteiger partial charge in [0.2, 0.25) is 23.6 Å². The number of aliphatic hydroxyl groups is 1. The molecule has 4 bridgehead atoms. The number of hydrogen-bond donors (Lipinski definition) is 1. The maximum absolute atomic E-state index is 14.4. The molecule has 0 aromatic heterocycles. The minimum atomic E-state index is -1.64. The molecule has 74 heavy (non-hydrogen) atoms. The van der Waals surface area contributed by atoms with Crippen LogP contribution in [-0.4, -0.2) is 161 Å². The van der Waals surface area contributed by atoms with Crippen LogP contribution < -0.4 is 9.64 Å². The van der Waals surface area contributed by atoms with Crippen molar-refractivity contribution in [1.82, 2.24) is 14.9 Å². The van der Waals surface area contributed by atoms with E-state index >= 15 is 0 Å². The van der Waals surface area contributed by atoms with Gasteiger partial charge in [-0.2, -0.15) is 0 Å². The van der Waals surface area contributed by atoms with Crippen molar-refractivity contribution in [2.75, 3.05) is 45.5 Å². The van der Waals surface area contributed by atoms with Crippen LogP contribution in [0.1, 0.15) is 104 Å². The van der Waals surface area contributed by atoms with E-state index in [4.69, 9.17) is 40.1 Å². The molecular weight excluding hydrogens is 1000 g/mol. The Hall–Kier alpha value is -5.35. The van der Waals surface area contributed by atoms with E-state index in [1.165, 1.54) is 54.7 Å². The van der Waals surface area contributed by atoms with E-state index in [0.29, 0.717) is 48.6 Å². The minimum absolute atomic E-state index is 0.00121. The van der Waals surface area contributed by atoms with Crippen molar-refractivity contribution in [1.29, 1.82) is 0 Å². The molecule has 4 saturated heterocycles. The SMILES string of the molecule is COc1cc2cc(c1Cl)N(C)C(=O)CC(OC(=O)[C@H](C)N(C)C(=O)CCSC1CC(=O)N(CC3CCC(C(=O)ON4C(=O)CCC4=O)CC3)C1=O)[C@]1(C)O[C@H]1[C@H](C)[C@@H]1C[C@@](O)(CC(=O)O1)[C@H](OC)/C=C/C=C(\C)C2. The summed E-state index contributed by atoms with van der Waals surface area (Å²) in [6, 6.07) is 2.39. The van der Waals surface area contributed by atoms with Gasteiger partial charge in [0.15, 0.2) is 0 Å². The first kappa shape index (κ1) is 56.4. The Morgan fingerprint density at radius 1 is 1.00 bits per heavy atom. The Bertz CT molecular complexity index is 2460. The number of methoxy groups -OCH3 is 2. The lowest BCUT2D eigenvalue weighted by Gasteiger charge is -2.41. The summed E-state index contributed by atoms with van der Waals surface area (Å²) in [7, 11) is 5.90. The lowest BCUT2D eigenvalue weighted by Crippen LogP contribution is -2.53. The van der Waals surface area contributed by atoms with Gasteiger partial charge in [0.25, 0.3) is 11.8 Å². The summed E-state index contributed by atoms with van der Waals surface area (Å²) in [5.74, 6) is -5.47. The number of esters is 2.